The van der Waals surface area contributed by atoms with Gasteiger partial charge in [0.2, 0.25) is 0 Å². The minimum Gasteiger partial charge on any atom is -0.744 e. The van der Waals surface area contributed by atoms with Crippen LogP contribution in [0.1, 0.15) is 5.56 Å². The number of benzene rings is 1. The van der Waals surface area contributed by atoms with Crippen molar-refractivity contribution in [1.29, 1.82) is 0 Å². The fraction of sp³-hybridized carbons (Fsp3) is 0.143. The summed E-state index contributed by atoms with van der Waals surface area (Å²) in [5.74, 6) is 0. The van der Waals surface area contributed by atoms with Gasteiger partial charge in [-0.2, -0.15) is 0 Å². The zero-order valence-corrected chi connectivity index (χ0v) is 8.02. The van der Waals surface area contributed by atoms with Crippen molar-refractivity contribution in [2.75, 3.05) is 0 Å². The monoisotopic (exact) mass is 203 g/mol. The summed E-state index contributed by atoms with van der Waals surface area (Å²) in [5.41, 5.74) is 0.839. The van der Waals surface area contributed by atoms with Crippen molar-refractivity contribution in [3.63, 3.8) is 0 Å². The third-order valence-electron chi connectivity index (χ3n) is 1.47. The number of thiol groups is 1. The second kappa shape index (κ2) is 3.08. The van der Waals surface area contributed by atoms with Crippen LogP contribution >= 0.6 is 12.6 Å². The molecular formula is C7H7O3S2-. The predicted molar refractivity (Wildman–Crippen MR) is 46.4 cm³/mol. The van der Waals surface area contributed by atoms with Crippen molar-refractivity contribution in [2.24, 2.45) is 0 Å². The molecule has 1 aromatic rings. The Labute approximate surface area is 76.6 Å². The van der Waals surface area contributed by atoms with Gasteiger partial charge in [0.05, 0.1) is 4.90 Å². The van der Waals surface area contributed by atoms with Gasteiger partial charge in [-0.15, -0.1) is 12.6 Å². The third kappa shape index (κ3) is 2.00. The van der Waals surface area contributed by atoms with Gasteiger partial charge in [0.15, 0.2) is 0 Å². The Morgan fingerprint density at radius 1 is 1.42 bits per heavy atom. The van der Waals surface area contributed by atoms with Gasteiger partial charge in [-0.3, -0.25) is 0 Å². The van der Waals surface area contributed by atoms with E-state index >= 15 is 0 Å². The molecule has 0 spiro atoms. The van der Waals surface area contributed by atoms with Gasteiger partial charge in [-0.05, 0) is 24.6 Å². The van der Waals surface area contributed by atoms with Crippen molar-refractivity contribution < 1.29 is 13.0 Å². The van der Waals surface area contributed by atoms with Crippen LogP contribution in [-0.4, -0.2) is 13.0 Å². The van der Waals surface area contributed by atoms with E-state index in [-0.39, 0.29) is 4.90 Å². The molecule has 0 saturated carbocycles. The number of hydrogen-bond acceptors (Lipinski definition) is 4. The molecule has 0 bridgehead atoms. The highest BCUT2D eigenvalue weighted by molar-refractivity contribution is 7.85. The smallest absolute Gasteiger partial charge is 0.124 e. The summed E-state index contributed by atoms with van der Waals surface area (Å²) in [6.45, 7) is 1.78. The molecule has 0 aliphatic rings. The zero-order valence-electron chi connectivity index (χ0n) is 6.31. The average molecular weight is 203 g/mol. The summed E-state index contributed by atoms with van der Waals surface area (Å²) in [6.07, 6.45) is 0. The summed E-state index contributed by atoms with van der Waals surface area (Å²) in [6, 6.07) is 4.07. The van der Waals surface area contributed by atoms with Gasteiger partial charge in [0, 0.05) is 4.90 Å². The molecule has 3 nitrogen and oxygen atoms in total. The summed E-state index contributed by atoms with van der Waals surface area (Å²) < 4.78 is 31.5. The summed E-state index contributed by atoms with van der Waals surface area (Å²) in [7, 11) is -4.34. The van der Waals surface area contributed by atoms with Gasteiger partial charge in [0.25, 0.3) is 0 Å². The van der Waals surface area contributed by atoms with E-state index in [1.807, 2.05) is 0 Å². The molecule has 66 valence electrons. The van der Waals surface area contributed by atoms with E-state index in [4.69, 9.17) is 0 Å². The Kier molecular flexibility index (Phi) is 2.46. The first-order valence-corrected chi connectivity index (χ1v) is 5.02. The van der Waals surface area contributed by atoms with Crippen molar-refractivity contribution >= 4 is 22.7 Å². The lowest BCUT2D eigenvalue weighted by molar-refractivity contribution is 0.463. The Morgan fingerprint density at radius 3 is 2.42 bits per heavy atom. The normalized spacial score (nSPS) is 11.6. The Bertz CT molecular complexity index is 395. The Morgan fingerprint density at radius 2 is 2.00 bits per heavy atom. The van der Waals surface area contributed by atoms with E-state index in [2.05, 4.69) is 12.6 Å². The van der Waals surface area contributed by atoms with Gasteiger partial charge >= 0.3 is 0 Å². The molecule has 0 fully saturated rings. The van der Waals surface area contributed by atoms with E-state index in [9.17, 15) is 13.0 Å². The van der Waals surface area contributed by atoms with Gasteiger partial charge in [-0.25, -0.2) is 8.42 Å². The number of rotatable bonds is 1. The van der Waals surface area contributed by atoms with E-state index in [0.717, 1.165) is 5.56 Å². The van der Waals surface area contributed by atoms with Crippen LogP contribution < -0.4 is 0 Å². The second-order valence-electron chi connectivity index (χ2n) is 2.40. The molecular weight excluding hydrogens is 196 g/mol. The number of aryl methyl sites for hydroxylation is 1. The summed E-state index contributed by atoms with van der Waals surface area (Å²) >= 11 is 4.00. The van der Waals surface area contributed by atoms with Crippen LogP contribution in [-0.2, 0) is 10.1 Å². The van der Waals surface area contributed by atoms with Crippen molar-refractivity contribution in [1.82, 2.24) is 0 Å². The quantitative estimate of drug-likeness (QED) is 0.551. The molecule has 0 N–H and O–H groups in total. The van der Waals surface area contributed by atoms with Gasteiger partial charge in [-0.1, -0.05) is 6.07 Å². The highest BCUT2D eigenvalue weighted by atomic mass is 32.2. The van der Waals surface area contributed by atoms with Crippen molar-refractivity contribution in [2.45, 2.75) is 16.7 Å². The first-order chi connectivity index (χ1) is 5.41. The fourth-order valence-electron chi connectivity index (χ4n) is 0.745. The maximum atomic E-state index is 10.5. The van der Waals surface area contributed by atoms with Crippen LogP contribution in [0.3, 0.4) is 0 Å². The number of hydrogen-bond donors (Lipinski definition) is 1. The minimum absolute atomic E-state index is 0.238. The highest BCUT2D eigenvalue weighted by Gasteiger charge is 2.02. The predicted octanol–water partition coefficient (Wildman–Crippen LogP) is 1.19. The lowest BCUT2D eigenvalue weighted by Crippen LogP contribution is -1.98. The second-order valence-corrected chi connectivity index (χ2v) is 4.26. The maximum absolute atomic E-state index is 10.5. The van der Waals surface area contributed by atoms with E-state index in [1.54, 1.807) is 13.0 Å². The lowest BCUT2D eigenvalue weighted by atomic mass is 10.2. The van der Waals surface area contributed by atoms with Crippen LogP contribution in [0.2, 0.25) is 0 Å². The Balaban J connectivity index is 3.33. The van der Waals surface area contributed by atoms with Crippen molar-refractivity contribution in [3.05, 3.63) is 23.8 Å². The molecule has 0 amide bonds. The maximum Gasteiger partial charge on any atom is 0.124 e. The SMILES string of the molecule is Cc1ccc(S(=O)(=O)[O-])cc1S. The molecule has 0 unspecified atom stereocenters. The zero-order chi connectivity index (χ0) is 9.35. The van der Waals surface area contributed by atoms with Crippen molar-refractivity contribution in [3.8, 4) is 0 Å². The van der Waals surface area contributed by atoms with E-state index in [1.165, 1.54) is 12.1 Å². The fourth-order valence-corrected chi connectivity index (χ4v) is 1.54. The summed E-state index contributed by atoms with van der Waals surface area (Å²) in [4.78, 5) is 0.269. The topological polar surface area (TPSA) is 57.2 Å². The molecule has 0 aliphatic heterocycles. The minimum atomic E-state index is -4.34. The highest BCUT2D eigenvalue weighted by Crippen LogP contribution is 2.17. The molecule has 1 aromatic carbocycles. The first-order valence-electron chi connectivity index (χ1n) is 3.17. The van der Waals surface area contributed by atoms with Crippen LogP contribution in [0.25, 0.3) is 0 Å². The Hall–Kier alpha value is -0.520. The first kappa shape index (κ1) is 9.57. The van der Waals surface area contributed by atoms with Crippen LogP contribution in [0.4, 0.5) is 0 Å². The molecule has 1 rings (SSSR count). The molecule has 0 radical (unpaired) electrons. The van der Waals surface area contributed by atoms with Gasteiger partial charge < -0.3 is 4.55 Å². The molecule has 0 aliphatic carbocycles. The van der Waals surface area contributed by atoms with E-state index < -0.39 is 10.1 Å². The molecule has 0 aromatic heterocycles. The molecule has 12 heavy (non-hydrogen) atoms. The molecule has 0 heterocycles. The van der Waals surface area contributed by atoms with E-state index in [0.29, 0.717) is 4.90 Å². The molecule has 0 saturated heterocycles. The van der Waals surface area contributed by atoms with Gasteiger partial charge in [0.1, 0.15) is 10.1 Å². The van der Waals surface area contributed by atoms with Crippen LogP contribution in [0.5, 0.6) is 0 Å². The molecule has 0 atom stereocenters. The largest absolute Gasteiger partial charge is 0.744 e. The lowest BCUT2D eigenvalue weighted by Gasteiger charge is -2.08. The average Bonchev–Trinajstić information content (AvgIpc) is 1.92. The standard InChI is InChI=1S/C7H8O3S2/c1-5-2-3-6(4-7(5)11)12(8,9)10/h2-4,11H,1H3,(H,8,9,10)/p-1. The van der Waals surface area contributed by atoms with Crippen LogP contribution in [0, 0.1) is 6.92 Å². The summed E-state index contributed by atoms with van der Waals surface area (Å²) in [5, 5.41) is 0. The third-order valence-corrected chi connectivity index (χ3v) is 2.78. The van der Waals surface area contributed by atoms with Crippen LogP contribution in [0.15, 0.2) is 28.0 Å². The molecule has 5 heteroatoms.